The SMILES string of the molecule is Cn1cc(CN(CCBr)C2CCCC2)nn1. The minimum atomic E-state index is 0.750. The fourth-order valence-electron chi connectivity index (χ4n) is 2.44. The van der Waals surface area contributed by atoms with E-state index in [9.17, 15) is 0 Å². The number of hydrogen-bond donors (Lipinski definition) is 0. The van der Waals surface area contributed by atoms with Crippen molar-refractivity contribution < 1.29 is 0 Å². The van der Waals surface area contributed by atoms with Crippen LogP contribution in [0.5, 0.6) is 0 Å². The minimum absolute atomic E-state index is 0.750. The van der Waals surface area contributed by atoms with Crippen molar-refractivity contribution in [2.75, 3.05) is 11.9 Å². The van der Waals surface area contributed by atoms with Crippen LogP contribution in [0.1, 0.15) is 31.4 Å². The second kappa shape index (κ2) is 5.77. The van der Waals surface area contributed by atoms with Crippen molar-refractivity contribution in [1.29, 1.82) is 0 Å². The molecule has 1 aliphatic carbocycles. The largest absolute Gasteiger partial charge is 0.294 e. The van der Waals surface area contributed by atoms with Crippen molar-refractivity contribution in [3.05, 3.63) is 11.9 Å². The summed E-state index contributed by atoms with van der Waals surface area (Å²) in [5.41, 5.74) is 1.08. The van der Waals surface area contributed by atoms with Gasteiger partial charge in [-0.2, -0.15) is 0 Å². The lowest BCUT2D eigenvalue weighted by Crippen LogP contribution is -2.34. The Morgan fingerprint density at radius 1 is 1.50 bits per heavy atom. The molecule has 0 aliphatic heterocycles. The molecule has 4 nitrogen and oxygen atoms in total. The van der Waals surface area contributed by atoms with Gasteiger partial charge in [0.25, 0.3) is 0 Å². The molecule has 2 rings (SSSR count). The molecule has 1 fully saturated rings. The highest BCUT2D eigenvalue weighted by molar-refractivity contribution is 9.09. The van der Waals surface area contributed by atoms with E-state index in [2.05, 4.69) is 31.1 Å². The second-order valence-electron chi connectivity index (χ2n) is 4.48. The second-order valence-corrected chi connectivity index (χ2v) is 5.27. The van der Waals surface area contributed by atoms with E-state index >= 15 is 0 Å². The number of alkyl halides is 1. The average Bonchev–Trinajstić information content (AvgIpc) is 2.88. The van der Waals surface area contributed by atoms with E-state index in [1.54, 1.807) is 4.68 Å². The van der Waals surface area contributed by atoms with Crippen LogP contribution in [-0.2, 0) is 13.6 Å². The summed E-state index contributed by atoms with van der Waals surface area (Å²) in [7, 11) is 1.92. The van der Waals surface area contributed by atoms with Crippen LogP contribution in [0.4, 0.5) is 0 Å². The molecule has 0 unspecified atom stereocenters. The number of aryl methyl sites for hydroxylation is 1. The molecule has 0 bridgehead atoms. The third-order valence-electron chi connectivity index (χ3n) is 3.23. The fraction of sp³-hybridized carbons (Fsp3) is 0.818. The summed E-state index contributed by atoms with van der Waals surface area (Å²) in [5, 5.41) is 9.18. The van der Waals surface area contributed by atoms with Crippen LogP contribution in [0.15, 0.2) is 6.20 Å². The fourth-order valence-corrected chi connectivity index (χ4v) is 2.90. The van der Waals surface area contributed by atoms with E-state index in [1.165, 1.54) is 25.7 Å². The van der Waals surface area contributed by atoms with Crippen LogP contribution < -0.4 is 0 Å². The van der Waals surface area contributed by atoms with Gasteiger partial charge in [0.2, 0.25) is 0 Å². The Hall–Kier alpha value is -0.420. The van der Waals surface area contributed by atoms with Gasteiger partial charge >= 0.3 is 0 Å². The van der Waals surface area contributed by atoms with Gasteiger partial charge in [0, 0.05) is 37.7 Å². The van der Waals surface area contributed by atoms with E-state index < -0.39 is 0 Å². The van der Waals surface area contributed by atoms with Crippen LogP contribution in [0.3, 0.4) is 0 Å². The number of rotatable bonds is 5. The molecule has 0 aromatic carbocycles. The maximum absolute atomic E-state index is 4.17. The Bertz CT molecular complexity index is 320. The van der Waals surface area contributed by atoms with Crippen molar-refractivity contribution >= 4 is 15.9 Å². The standard InChI is InChI=1S/C11H19BrN4/c1-15-8-10(13-14-15)9-16(7-6-12)11-4-2-3-5-11/h8,11H,2-7,9H2,1H3. The lowest BCUT2D eigenvalue weighted by molar-refractivity contribution is 0.200. The van der Waals surface area contributed by atoms with Crippen molar-refractivity contribution in [3.8, 4) is 0 Å². The molecule has 0 saturated heterocycles. The van der Waals surface area contributed by atoms with Crippen LogP contribution in [0, 0.1) is 0 Å². The maximum atomic E-state index is 4.17. The van der Waals surface area contributed by atoms with E-state index in [0.29, 0.717) is 0 Å². The highest BCUT2D eigenvalue weighted by atomic mass is 79.9. The quantitative estimate of drug-likeness (QED) is 0.776. The molecule has 0 spiro atoms. The molecule has 1 heterocycles. The lowest BCUT2D eigenvalue weighted by Gasteiger charge is -2.26. The molecule has 1 aromatic rings. The van der Waals surface area contributed by atoms with Crippen molar-refractivity contribution in [2.24, 2.45) is 7.05 Å². The van der Waals surface area contributed by atoms with Gasteiger partial charge in [0.05, 0.1) is 5.69 Å². The summed E-state index contributed by atoms with van der Waals surface area (Å²) in [6.45, 7) is 2.03. The van der Waals surface area contributed by atoms with Crippen LogP contribution >= 0.6 is 15.9 Å². The Morgan fingerprint density at radius 2 is 2.25 bits per heavy atom. The first-order valence-corrected chi connectivity index (χ1v) is 7.07. The molecule has 0 N–H and O–H groups in total. The first-order chi connectivity index (χ1) is 7.79. The lowest BCUT2D eigenvalue weighted by atomic mass is 10.2. The molecule has 5 heteroatoms. The predicted octanol–water partition coefficient (Wildman–Crippen LogP) is 1.95. The molecule has 1 aliphatic rings. The molecule has 0 atom stereocenters. The number of nitrogens with zero attached hydrogens (tertiary/aromatic N) is 4. The highest BCUT2D eigenvalue weighted by Gasteiger charge is 2.22. The predicted molar refractivity (Wildman–Crippen MR) is 67.5 cm³/mol. The Kier molecular flexibility index (Phi) is 4.35. The van der Waals surface area contributed by atoms with Gasteiger partial charge in [-0.1, -0.05) is 34.0 Å². The van der Waals surface area contributed by atoms with Gasteiger partial charge in [-0.15, -0.1) is 5.10 Å². The molecule has 0 radical (unpaired) electrons. The minimum Gasteiger partial charge on any atom is -0.294 e. The third kappa shape index (κ3) is 3.04. The zero-order chi connectivity index (χ0) is 11.4. The number of aromatic nitrogens is 3. The number of halogens is 1. The number of hydrogen-bond acceptors (Lipinski definition) is 3. The zero-order valence-electron chi connectivity index (χ0n) is 9.77. The molecule has 16 heavy (non-hydrogen) atoms. The summed E-state index contributed by atoms with van der Waals surface area (Å²) in [5.74, 6) is 0. The first-order valence-electron chi connectivity index (χ1n) is 5.95. The summed E-state index contributed by atoms with van der Waals surface area (Å²) in [6.07, 6.45) is 7.45. The Balaban J connectivity index is 1.96. The zero-order valence-corrected chi connectivity index (χ0v) is 11.4. The van der Waals surface area contributed by atoms with Crippen LogP contribution in [-0.4, -0.2) is 37.8 Å². The summed E-state index contributed by atoms with van der Waals surface area (Å²) >= 11 is 3.53. The average molecular weight is 287 g/mol. The monoisotopic (exact) mass is 286 g/mol. The molecular weight excluding hydrogens is 268 g/mol. The maximum Gasteiger partial charge on any atom is 0.0967 e. The Morgan fingerprint density at radius 3 is 2.81 bits per heavy atom. The van der Waals surface area contributed by atoms with E-state index in [-0.39, 0.29) is 0 Å². The van der Waals surface area contributed by atoms with Gasteiger partial charge in [-0.3, -0.25) is 9.58 Å². The first kappa shape index (κ1) is 12.0. The molecule has 90 valence electrons. The van der Waals surface area contributed by atoms with E-state index in [4.69, 9.17) is 0 Å². The van der Waals surface area contributed by atoms with Gasteiger partial charge in [0.15, 0.2) is 0 Å². The summed E-state index contributed by atoms with van der Waals surface area (Å²) in [6, 6.07) is 0.750. The summed E-state index contributed by atoms with van der Waals surface area (Å²) in [4.78, 5) is 2.53. The molecule has 0 amide bonds. The smallest absolute Gasteiger partial charge is 0.0967 e. The van der Waals surface area contributed by atoms with E-state index in [1.807, 2.05) is 13.2 Å². The van der Waals surface area contributed by atoms with Crippen molar-refractivity contribution in [3.63, 3.8) is 0 Å². The third-order valence-corrected chi connectivity index (χ3v) is 3.58. The molecule has 1 saturated carbocycles. The highest BCUT2D eigenvalue weighted by Crippen LogP contribution is 2.24. The molecule has 1 aromatic heterocycles. The van der Waals surface area contributed by atoms with Crippen molar-refractivity contribution in [1.82, 2.24) is 19.9 Å². The van der Waals surface area contributed by atoms with Crippen molar-refractivity contribution in [2.45, 2.75) is 38.3 Å². The topological polar surface area (TPSA) is 34.0 Å². The van der Waals surface area contributed by atoms with Crippen LogP contribution in [0.25, 0.3) is 0 Å². The van der Waals surface area contributed by atoms with Gasteiger partial charge in [-0.05, 0) is 12.8 Å². The van der Waals surface area contributed by atoms with Gasteiger partial charge < -0.3 is 0 Å². The van der Waals surface area contributed by atoms with E-state index in [0.717, 1.165) is 30.2 Å². The van der Waals surface area contributed by atoms with Gasteiger partial charge in [0.1, 0.15) is 0 Å². The Labute approximate surface area is 105 Å². The van der Waals surface area contributed by atoms with Gasteiger partial charge in [-0.25, -0.2) is 0 Å². The molecular formula is C11H19BrN4. The van der Waals surface area contributed by atoms with Crippen LogP contribution in [0.2, 0.25) is 0 Å². The summed E-state index contributed by atoms with van der Waals surface area (Å²) < 4.78 is 1.77. The normalized spacial score (nSPS) is 17.4.